The quantitative estimate of drug-likeness (QED) is 0.744. The average Bonchev–Trinajstić information content (AvgIpc) is 2.66. The van der Waals surface area contributed by atoms with E-state index in [4.69, 9.17) is 9.47 Å². The van der Waals surface area contributed by atoms with Crippen LogP contribution in [0.5, 0.6) is 11.5 Å². The van der Waals surface area contributed by atoms with Gasteiger partial charge >= 0.3 is 12.0 Å². The molecule has 0 atom stereocenters. The summed E-state index contributed by atoms with van der Waals surface area (Å²) in [7, 11) is 0. The Labute approximate surface area is 151 Å². The van der Waals surface area contributed by atoms with Crippen molar-refractivity contribution in [1.29, 1.82) is 0 Å². The standard InChI is InChI=1S/C19H20N2O5/c1-2-12-20-19(24)21-17(22)13-25-18(23)14-8-10-16(11-9-14)26-15-6-4-3-5-7-15/h3-11H,2,12-13H2,1H3,(H2,20,21,22,24). The van der Waals surface area contributed by atoms with E-state index in [-0.39, 0.29) is 5.56 Å². The van der Waals surface area contributed by atoms with Crippen molar-refractivity contribution in [2.24, 2.45) is 0 Å². The molecule has 0 spiro atoms. The Hall–Kier alpha value is -3.35. The predicted molar refractivity (Wildman–Crippen MR) is 95.1 cm³/mol. The van der Waals surface area contributed by atoms with E-state index in [0.29, 0.717) is 18.0 Å². The number of carbonyl (C=O) groups excluding carboxylic acids is 3. The van der Waals surface area contributed by atoms with E-state index >= 15 is 0 Å². The second kappa shape index (κ2) is 9.83. The van der Waals surface area contributed by atoms with Crippen molar-refractivity contribution in [3.63, 3.8) is 0 Å². The Bertz CT molecular complexity index is 744. The van der Waals surface area contributed by atoms with E-state index in [1.807, 2.05) is 37.3 Å². The number of esters is 1. The molecule has 0 unspecified atom stereocenters. The smallest absolute Gasteiger partial charge is 0.338 e. The average molecular weight is 356 g/mol. The molecule has 0 aliphatic carbocycles. The summed E-state index contributed by atoms with van der Waals surface area (Å²) in [6.45, 7) is 1.80. The van der Waals surface area contributed by atoms with Crippen molar-refractivity contribution in [3.05, 3.63) is 60.2 Å². The highest BCUT2D eigenvalue weighted by molar-refractivity contribution is 5.97. The zero-order chi connectivity index (χ0) is 18.8. The zero-order valence-corrected chi connectivity index (χ0v) is 14.4. The van der Waals surface area contributed by atoms with Crippen LogP contribution in [-0.4, -0.2) is 31.1 Å². The lowest BCUT2D eigenvalue weighted by Crippen LogP contribution is -2.41. The number of urea groups is 1. The van der Waals surface area contributed by atoms with Gasteiger partial charge in [0.25, 0.3) is 5.91 Å². The summed E-state index contributed by atoms with van der Waals surface area (Å²) in [5, 5.41) is 4.56. The maximum atomic E-state index is 11.9. The number of para-hydroxylation sites is 1. The van der Waals surface area contributed by atoms with E-state index in [0.717, 1.165) is 6.42 Å². The van der Waals surface area contributed by atoms with Crippen molar-refractivity contribution >= 4 is 17.9 Å². The Balaban J connectivity index is 1.80. The van der Waals surface area contributed by atoms with Crippen molar-refractivity contribution in [2.75, 3.05) is 13.2 Å². The van der Waals surface area contributed by atoms with Crippen LogP contribution in [0.15, 0.2) is 54.6 Å². The number of amides is 3. The van der Waals surface area contributed by atoms with E-state index in [1.54, 1.807) is 12.1 Å². The normalized spacial score (nSPS) is 9.88. The lowest BCUT2D eigenvalue weighted by atomic mass is 10.2. The molecule has 0 aromatic heterocycles. The first-order chi connectivity index (χ1) is 12.6. The second-order valence-corrected chi connectivity index (χ2v) is 5.32. The SMILES string of the molecule is CCCNC(=O)NC(=O)COC(=O)c1ccc(Oc2ccccc2)cc1. The minimum atomic E-state index is -0.698. The number of rotatable bonds is 7. The highest BCUT2D eigenvalue weighted by Crippen LogP contribution is 2.21. The number of carbonyl (C=O) groups is 3. The van der Waals surface area contributed by atoms with Gasteiger partial charge in [0, 0.05) is 6.54 Å². The lowest BCUT2D eigenvalue weighted by Gasteiger charge is -2.08. The van der Waals surface area contributed by atoms with Gasteiger partial charge in [-0.25, -0.2) is 9.59 Å². The van der Waals surface area contributed by atoms with E-state index in [2.05, 4.69) is 10.6 Å². The van der Waals surface area contributed by atoms with Crippen LogP contribution in [0.1, 0.15) is 23.7 Å². The van der Waals surface area contributed by atoms with E-state index in [1.165, 1.54) is 12.1 Å². The Morgan fingerprint density at radius 3 is 2.23 bits per heavy atom. The van der Waals surface area contributed by atoms with Crippen LogP contribution in [0, 0.1) is 0 Å². The number of hydrogen-bond donors (Lipinski definition) is 2. The van der Waals surface area contributed by atoms with Crippen molar-refractivity contribution in [3.8, 4) is 11.5 Å². The van der Waals surface area contributed by atoms with Crippen molar-refractivity contribution in [1.82, 2.24) is 10.6 Å². The Kier molecular flexibility index (Phi) is 7.17. The number of imide groups is 1. The third-order valence-corrected chi connectivity index (χ3v) is 3.19. The molecule has 2 rings (SSSR count). The first-order valence-electron chi connectivity index (χ1n) is 8.16. The fourth-order valence-corrected chi connectivity index (χ4v) is 1.94. The van der Waals surface area contributed by atoms with Gasteiger partial charge in [0.1, 0.15) is 11.5 Å². The molecule has 0 aliphatic rings. The van der Waals surface area contributed by atoms with E-state index in [9.17, 15) is 14.4 Å². The summed E-state index contributed by atoms with van der Waals surface area (Å²) in [4.78, 5) is 34.8. The summed E-state index contributed by atoms with van der Waals surface area (Å²) in [6.07, 6.45) is 0.751. The summed E-state index contributed by atoms with van der Waals surface area (Å²) in [6, 6.07) is 14.9. The number of benzene rings is 2. The maximum Gasteiger partial charge on any atom is 0.338 e. The molecule has 2 N–H and O–H groups in total. The molecule has 0 heterocycles. The minimum absolute atomic E-state index is 0.272. The maximum absolute atomic E-state index is 11.9. The Morgan fingerprint density at radius 1 is 0.923 bits per heavy atom. The first kappa shape index (κ1) is 19.0. The molecule has 0 fully saturated rings. The van der Waals surface area contributed by atoms with Gasteiger partial charge < -0.3 is 14.8 Å². The molecule has 0 aliphatic heterocycles. The van der Waals surface area contributed by atoms with Gasteiger partial charge in [-0.15, -0.1) is 0 Å². The van der Waals surface area contributed by atoms with Gasteiger partial charge in [0.2, 0.25) is 0 Å². The third kappa shape index (κ3) is 6.27. The summed E-state index contributed by atoms with van der Waals surface area (Å²) in [5.74, 6) is -0.115. The van der Waals surface area contributed by atoms with Crippen LogP contribution >= 0.6 is 0 Å². The summed E-state index contributed by atoms with van der Waals surface area (Å²) < 4.78 is 10.5. The molecule has 0 bridgehead atoms. The molecule has 7 nitrogen and oxygen atoms in total. The fraction of sp³-hybridized carbons (Fsp3) is 0.211. The molecule has 2 aromatic rings. The highest BCUT2D eigenvalue weighted by atomic mass is 16.5. The number of ether oxygens (including phenoxy) is 2. The van der Waals surface area contributed by atoms with Crippen LogP contribution in [0.4, 0.5) is 4.79 Å². The van der Waals surface area contributed by atoms with Gasteiger partial charge in [-0.05, 0) is 42.8 Å². The van der Waals surface area contributed by atoms with Crippen LogP contribution in [0.3, 0.4) is 0 Å². The molecule has 26 heavy (non-hydrogen) atoms. The van der Waals surface area contributed by atoms with Gasteiger partial charge in [-0.2, -0.15) is 0 Å². The first-order valence-corrected chi connectivity index (χ1v) is 8.16. The van der Waals surface area contributed by atoms with Crippen LogP contribution < -0.4 is 15.4 Å². The molecule has 3 amide bonds. The molecule has 0 saturated carbocycles. The van der Waals surface area contributed by atoms with Crippen LogP contribution in [0.25, 0.3) is 0 Å². The zero-order valence-electron chi connectivity index (χ0n) is 14.4. The minimum Gasteiger partial charge on any atom is -0.457 e. The predicted octanol–water partition coefficient (Wildman–Crippen LogP) is 2.87. The lowest BCUT2D eigenvalue weighted by molar-refractivity contribution is -0.123. The van der Waals surface area contributed by atoms with Gasteiger partial charge in [-0.3, -0.25) is 10.1 Å². The Morgan fingerprint density at radius 2 is 1.58 bits per heavy atom. The number of nitrogens with one attached hydrogen (secondary N) is 2. The summed E-state index contributed by atoms with van der Waals surface area (Å²) in [5.41, 5.74) is 0.272. The molecular weight excluding hydrogens is 336 g/mol. The fourth-order valence-electron chi connectivity index (χ4n) is 1.94. The van der Waals surface area contributed by atoms with E-state index < -0.39 is 24.5 Å². The largest absolute Gasteiger partial charge is 0.457 e. The highest BCUT2D eigenvalue weighted by Gasteiger charge is 2.12. The molecular formula is C19H20N2O5. The van der Waals surface area contributed by atoms with Crippen LogP contribution in [0.2, 0.25) is 0 Å². The number of hydrogen-bond acceptors (Lipinski definition) is 5. The second-order valence-electron chi connectivity index (χ2n) is 5.32. The van der Waals surface area contributed by atoms with Crippen molar-refractivity contribution in [2.45, 2.75) is 13.3 Å². The topological polar surface area (TPSA) is 93.7 Å². The van der Waals surface area contributed by atoms with Gasteiger partial charge in [0.05, 0.1) is 5.56 Å². The molecule has 2 aromatic carbocycles. The van der Waals surface area contributed by atoms with Crippen molar-refractivity contribution < 1.29 is 23.9 Å². The molecule has 0 saturated heterocycles. The van der Waals surface area contributed by atoms with Crippen LogP contribution in [-0.2, 0) is 9.53 Å². The summed E-state index contributed by atoms with van der Waals surface area (Å²) >= 11 is 0. The molecule has 136 valence electrons. The molecule has 7 heteroatoms. The molecule has 0 radical (unpaired) electrons. The van der Waals surface area contributed by atoms with Gasteiger partial charge in [0.15, 0.2) is 6.61 Å². The monoisotopic (exact) mass is 356 g/mol. The van der Waals surface area contributed by atoms with Gasteiger partial charge in [-0.1, -0.05) is 25.1 Å². The third-order valence-electron chi connectivity index (χ3n) is 3.19.